The van der Waals surface area contributed by atoms with Crippen molar-refractivity contribution in [1.82, 2.24) is 20.4 Å². The summed E-state index contributed by atoms with van der Waals surface area (Å²) in [7, 11) is 0. The van der Waals surface area contributed by atoms with Crippen LogP contribution in [0.5, 0.6) is 0 Å². The fourth-order valence-electron chi connectivity index (χ4n) is 2.47. The van der Waals surface area contributed by atoms with E-state index in [0.717, 1.165) is 32.0 Å². The minimum absolute atomic E-state index is 0. The Bertz CT molecular complexity index is 658. The zero-order valence-corrected chi connectivity index (χ0v) is 18.8. The number of hydrogen-bond acceptors (Lipinski definition) is 3. The van der Waals surface area contributed by atoms with Gasteiger partial charge in [-0.2, -0.15) is 5.10 Å². The molecule has 1 heterocycles. The second kappa shape index (κ2) is 13.5. The molecule has 27 heavy (non-hydrogen) atoms. The molecule has 0 amide bonds. The molecule has 0 atom stereocenters. The van der Waals surface area contributed by atoms with Crippen molar-refractivity contribution in [1.29, 1.82) is 0 Å². The summed E-state index contributed by atoms with van der Waals surface area (Å²) in [6.45, 7) is 10.1. The van der Waals surface area contributed by atoms with Crippen LogP contribution in [-0.4, -0.2) is 34.9 Å². The maximum Gasteiger partial charge on any atom is 0.191 e. The molecule has 0 unspecified atom stereocenters. The minimum atomic E-state index is 0. The largest absolute Gasteiger partial charge is 0.374 e. The van der Waals surface area contributed by atoms with Gasteiger partial charge in [-0.1, -0.05) is 24.3 Å². The Labute approximate surface area is 179 Å². The van der Waals surface area contributed by atoms with Crippen LogP contribution in [0.15, 0.2) is 47.7 Å². The number of nitrogens with zero attached hydrogens (tertiary/aromatic N) is 3. The Hall–Kier alpha value is -1.61. The molecule has 0 saturated heterocycles. The van der Waals surface area contributed by atoms with Gasteiger partial charge in [0.05, 0.1) is 19.3 Å². The fraction of sp³-hybridized carbons (Fsp3) is 0.500. The molecule has 0 aliphatic heterocycles. The van der Waals surface area contributed by atoms with Crippen LogP contribution >= 0.6 is 24.0 Å². The zero-order chi connectivity index (χ0) is 18.6. The Balaban J connectivity index is 0.00000364. The summed E-state index contributed by atoms with van der Waals surface area (Å²) < 4.78 is 7.62. The Morgan fingerprint density at radius 1 is 1.22 bits per heavy atom. The van der Waals surface area contributed by atoms with Crippen molar-refractivity contribution < 1.29 is 4.74 Å². The molecule has 0 aliphatic carbocycles. The van der Waals surface area contributed by atoms with Crippen LogP contribution in [0.3, 0.4) is 0 Å². The standard InChI is InChI=1S/C20H31N5O.HI/c1-4-21-20(22-10-6-12-25-13-7-11-24-25)23-15-18-8-5-9-19(14-18)16-26-17(2)3;/h5,7-9,11,13-14,17H,4,6,10,12,15-16H2,1-3H3,(H2,21,22,23);1H. The van der Waals surface area contributed by atoms with Crippen LogP contribution in [0, 0.1) is 0 Å². The topological polar surface area (TPSA) is 63.5 Å². The summed E-state index contributed by atoms with van der Waals surface area (Å²) in [5.74, 6) is 0.844. The molecule has 7 heteroatoms. The maximum absolute atomic E-state index is 5.68. The van der Waals surface area contributed by atoms with Crippen LogP contribution in [-0.2, 0) is 24.4 Å². The van der Waals surface area contributed by atoms with E-state index in [1.165, 1.54) is 11.1 Å². The second-order valence-corrected chi connectivity index (χ2v) is 6.42. The van der Waals surface area contributed by atoms with E-state index >= 15 is 0 Å². The third-order valence-corrected chi connectivity index (χ3v) is 3.75. The van der Waals surface area contributed by atoms with Gasteiger partial charge in [0, 0.05) is 32.0 Å². The van der Waals surface area contributed by atoms with Crippen LogP contribution in [0.1, 0.15) is 38.3 Å². The van der Waals surface area contributed by atoms with Crippen LogP contribution in [0.2, 0.25) is 0 Å². The van der Waals surface area contributed by atoms with Gasteiger partial charge < -0.3 is 15.4 Å². The van der Waals surface area contributed by atoms with E-state index in [-0.39, 0.29) is 30.1 Å². The van der Waals surface area contributed by atoms with E-state index < -0.39 is 0 Å². The third-order valence-electron chi connectivity index (χ3n) is 3.75. The van der Waals surface area contributed by atoms with Crippen molar-refractivity contribution in [3.63, 3.8) is 0 Å². The number of benzene rings is 1. The first kappa shape index (κ1) is 23.4. The highest BCUT2D eigenvalue weighted by molar-refractivity contribution is 14.0. The summed E-state index contributed by atoms with van der Waals surface area (Å²) in [6.07, 6.45) is 5.02. The SMILES string of the molecule is CCNC(=NCc1cccc(COC(C)C)c1)NCCCn1cccn1.I. The van der Waals surface area contributed by atoms with Crippen molar-refractivity contribution in [3.05, 3.63) is 53.9 Å². The first-order valence-corrected chi connectivity index (χ1v) is 9.36. The summed E-state index contributed by atoms with van der Waals surface area (Å²) >= 11 is 0. The van der Waals surface area contributed by atoms with Crippen molar-refractivity contribution >= 4 is 29.9 Å². The normalized spacial score (nSPS) is 11.3. The van der Waals surface area contributed by atoms with E-state index in [1.807, 2.05) is 16.9 Å². The second-order valence-electron chi connectivity index (χ2n) is 6.42. The van der Waals surface area contributed by atoms with Gasteiger partial charge in [-0.05, 0) is 44.4 Å². The number of hydrogen-bond donors (Lipinski definition) is 2. The molecule has 6 nitrogen and oxygen atoms in total. The lowest BCUT2D eigenvalue weighted by Crippen LogP contribution is -2.38. The summed E-state index contributed by atoms with van der Waals surface area (Å²) in [4.78, 5) is 4.69. The molecular formula is C20H32IN5O. The Kier molecular flexibility index (Phi) is 11.8. The first-order valence-electron chi connectivity index (χ1n) is 9.36. The molecule has 0 fully saturated rings. The third kappa shape index (κ3) is 9.76. The number of rotatable bonds is 10. The lowest BCUT2D eigenvalue weighted by molar-refractivity contribution is 0.0657. The van der Waals surface area contributed by atoms with Gasteiger partial charge in [0.2, 0.25) is 0 Å². The summed E-state index contributed by atoms with van der Waals surface area (Å²) in [5.41, 5.74) is 2.37. The van der Waals surface area contributed by atoms with E-state index in [2.05, 4.69) is 65.8 Å². The average Bonchev–Trinajstić information content (AvgIpc) is 3.15. The number of halogens is 1. The van der Waals surface area contributed by atoms with E-state index in [1.54, 1.807) is 6.20 Å². The molecular weight excluding hydrogens is 453 g/mol. The number of guanidine groups is 1. The predicted molar refractivity (Wildman–Crippen MR) is 121 cm³/mol. The lowest BCUT2D eigenvalue weighted by atomic mass is 10.1. The van der Waals surface area contributed by atoms with Gasteiger partial charge in [0.15, 0.2) is 5.96 Å². The smallest absolute Gasteiger partial charge is 0.191 e. The number of aliphatic imine (C=N–C) groups is 1. The van der Waals surface area contributed by atoms with Gasteiger partial charge in [0.1, 0.15) is 0 Å². The van der Waals surface area contributed by atoms with Crippen LogP contribution < -0.4 is 10.6 Å². The van der Waals surface area contributed by atoms with Gasteiger partial charge >= 0.3 is 0 Å². The van der Waals surface area contributed by atoms with E-state index in [4.69, 9.17) is 4.74 Å². The summed E-state index contributed by atoms with van der Waals surface area (Å²) in [5, 5.41) is 10.9. The van der Waals surface area contributed by atoms with E-state index in [0.29, 0.717) is 13.2 Å². The highest BCUT2D eigenvalue weighted by Crippen LogP contribution is 2.09. The van der Waals surface area contributed by atoms with Crippen LogP contribution in [0.4, 0.5) is 0 Å². The summed E-state index contributed by atoms with van der Waals surface area (Å²) in [6, 6.07) is 10.4. The molecule has 0 spiro atoms. The average molecular weight is 485 g/mol. The fourth-order valence-corrected chi connectivity index (χ4v) is 2.47. The number of nitrogens with one attached hydrogen (secondary N) is 2. The number of aromatic nitrogens is 2. The van der Waals surface area contributed by atoms with Crippen molar-refractivity contribution in [2.24, 2.45) is 4.99 Å². The molecule has 0 aliphatic rings. The van der Waals surface area contributed by atoms with Gasteiger partial charge in [-0.15, -0.1) is 24.0 Å². The monoisotopic (exact) mass is 485 g/mol. The van der Waals surface area contributed by atoms with Crippen molar-refractivity contribution in [2.45, 2.75) is 53.0 Å². The number of aryl methyl sites for hydroxylation is 1. The molecule has 0 bridgehead atoms. The molecule has 2 N–H and O–H groups in total. The zero-order valence-electron chi connectivity index (χ0n) is 16.5. The highest BCUT2D eigenvalue weighted by Gasteiger charge is 2.01. The van der Waals surface area contributed by atoms with Gasteiger partial charge in [-0.25, -0.2) is 4.99 Å². The van der Waals surface area contributed by atoms with Gasteiger partial charge in [0.25, 0.3) is 0 Å². The first-order chi connectivity index (χ1) is 12.7. The minimum Gasteiger partial charge on any atom is -0.374 e. The lowest BCUT2D eigenvalue weighted by Gasteiger charge is -2.12. The molecule has 150 valence electrons. The number of ether oxygens (including phenoxy) is 1. The van der Waals surface area contributed by atoms with Crippen LogP contribution in [0.25, 0.3) is 0 Å². The van der Waals surface area contributed by atoms with E-state index in [9.17, 15) is 0 Å². The maximum atomic E-state index is 5.68. The highest BCUT2D eigenvalue weighted by atomic mass is 127. The Morgan fingerprint density at radius 2 is 2.04 bits per heavy atom. The van der Waals surface area contributed by atoms with Crippen molar-refractivity contribution in [3.8, 4) is 0 Å². The molecule has 1 aromatic carbocycles. The predicted octanol–water partition coefficient (Wildman–Crippen LogP) is 3.57. The molecule has 0 radical (unpaired) electrons. The Morgan fingerprint density at radius 3 is 2.74 bits per heavy atom. The quantitative estimate of drug-likeness (QED) is 0.234. The van der Waals surface area contributed by atoms with Crippen molar-refractivity contribution in [2.75, 3.05) is 13.1 Å². The molecule has 0 saturated carbocycles. The molecule has 1 aromatic heterocycles. The molecule has 2 aromatic rings. The van der Waals surface area contributed by atoms with Gasteiger partial charge in [-0.3, -0.25) is 4.68 Å². The molecule has 2 rings (SSSR count).